The van der Waals surface area contributed by atoms with E-state index < -0.39 is 6.61 Å². The molecule has 5 heteroatoms. The Hall–Kier alpha value is -2.63. The van der Waals surface area contributed by atoms with Crippen molar-refractivity contribution in [3.8, 4) is 0 Å². The summed E-state index contributed by atoms with van der Waals surface area (Å²) in [5.74, 6) is -0.208. The van der Waals surface area contributed by atoms with E-state index in [0.717, 1.165) is 37.9 Å². The molecule has 0 spiro atoms. The molecule has 0 atom stereocenters. The number of Topliss-reactive ketones (excluding diaryl/α,β-unsaturated/α-hetero) is 2. The number of anilines is 1. The third-order valence-electron chi connectivity index (χ3n) is 6.10. The molecule has 0 aromatic heterocycles. The van der Waals surface area contributed by atoms with Crippen LogP contribution in [0.1, 0.15) is 59.5 Å². The van der Waals surface area contributed by atoms with Crippen LogP contribution in [0.15, 0.2) is 64.0 Å². The van der Waals surface area contributed by atoms with E-state index in [9.17, 15) is 14.7 Å². The van der Waals surface area contributed by atoms with Crippen molar-refractivity contribution >= 4 is 29.0 Å². The number of nitrogens with zero attached hydrogens (tertiary/aromatic N) is 1. The lowest BCUT2D eigenvalue weighted by Crippen LogP contribution is -2.31. The van der Waals surface area contributed by atoms with Crippen LogP contribution in [0, 0.1) is 6.92 Å². The Labute approximate surface area is 187 Å². The molecule has 0 bridgehead atoms. The molecule has 160 valence electrons. The minimum atomic E-state index is -0.501. The average Bonchev–Trinajstić information content (AvgIpc) is 3.16. The van der Waals surface area contributed by atoms with Crippen molar-refractivity contribution in [2.75, 3.05) is 11.5 Å². The fourth-order valence-corrected chi connectivity index (χ4v) is 5.49. The second kappa shape index (κ2) is 7.81. The highest BCUT2D eigenvalue weighted by Crippen LogP contribution is 2.50. The second-order valence-corrected chi connectivity index (χ2v) is 9.95. The molecule has 0 saturated heterocycles. The summed E-state index contributed by atoms with van der Waals surface area (Å²) in [6.07, 6.45) is 3.98. The van der Waals surface area contributed by atoms with Crippen LogP contribution in [0.3, 0.4) is 0 Å². The van der Waals surface area contributed by atoms with Crippen LogP contribution in [0.4, 0.5) is 5.69 Å². The molecule has 31 heavy (non-hydrogen) atoms. The number of ketones is 2. The molecular formula is C26H27NO3S. The van der Waals surface area contributed by atoms with Crippen molar-refractivity contribution in [3.63, 3.8) is 0 Å². The number of aliphatic hydroxyl groups excluding tert-OH is 1. The summed E-state index contributed by atoms with van der Waals surface area (Å²) in [5, 5.41) is 9.38. The number of aryl methyl sites for hydroxylation is 1. The van der Waals surface area contributed by atoms with Crippen LogP contribution in [-0.2, 0) is 5.41 Å². The maximum Gasteiger partial charge on any atom is 0.200 e. The van der Waals surface area contributed by atoms with E-state index in [4.69, 9.17) is 0 Å². The molecule has 1 N–H and O–H groups in total. The summed E-state index contributed by atoms with van der Waals surface area (Å²) in [6.45, 7) is 9.98. The van der Waals surface area contributed by atoms with Gasteiger partial charge in [0.2, 0.25) is 5.78 Å². The zero-order chi connectivity index (χ0) is 22.5. The molecule has 2 aliphatic heterocycles. The number of allylic oxidation sites excluding steroid dienone is 4. The van der Waals surface area contributed by atoms with Gasteiger partial charge in [-0.3, -0.25) is 9.59 Å². The molecule has 2 aliphatic rings. The summed E-state index contributed by atoms with van der Waals surface area (Å²) >= 11 is 1.51. The normalized spacial score (nSPS) is 19.5. The number of aliphatic hydroxyl groups is 1. The quantitative estimate of drug-likeness (QED) is 0.514. The van der Waals surface area contributed by atoms with Gasteiger partial charge in [0, 0.05) is 38.9 Å². The Morgan fingerprint density at radius 1 is 1.19 bits per heavy atom. The van der Waals surface area contributed by atoms with E-state index >= 15 is 0 Å². The molecule has 2 aromatic carbocycles. The van der Waals surface area contributed by atoms with Crippen molar-refractivity contribution in [2.24, 2.45) is 0 Å². The summed E-state index contributed by atoms with van der Waals surface area (Å²) in [5.41, 5.74) is 5.11. The average molecular weight is 434 g/mol. The third-order valence-corrected chi connectivity index (χ3v) is 7.22. The lowest BCUT2D eigenvalue weighted by molar-refractivity contribution is 0.0903. The van der Waals surface area contributed by atoms with Crippen LogP contribution in [0.25, 0.3) is 0 Å². The zero-order valence-electron chi connectivity index (χ0n) is 18.5. The number of thioether (sulfide) groups is 1. The predicted octanol–water partition coefficient (Wildman–Crippen LogP) is 5.43. The molecule has 0 radical (unpaired) electrons. The monoisotopic (exact) mass is 433 g/mol. The van der Waals surface area contributed by atoms with E-state index in [1.807, 2.05) is 43.3 Å². The van der Waals surface area contributed by atoms with Crippen LogP contribution in [0.5, 0.6) is 0 Å². The minimum absolute atomic E-state index is 0.0635. The van der Waals surface area contributed by atoms with Gasteiger partial charge in [-0.25, -0.2) is 0 Å². The minimum Gasteiger partial charge on any atom is -0.388 e. The molecule has 0 unspecified atom stereocenters. The fourth-order valence-electron chi connectivity index (χ4n) is 4.50. The van der Waals surface area contributed by atoms with E-state index in [-0.39, 0.29) is 23.0 Å². The summed E-state index contributed by atoms with van der Waals surface area (Å²) < 4.78 is 0. The highest BCUT2D eigenvalue weighted by atomic mass is 32.2. The van der Waals surface area contributed by atoms with Gasteiger partial charge in [-0.15, -0.1) is 0 Å². The smallest absolute Gasteiger partial charge is 0.200 e. The van der Waals surface area contributed by atoms with E-state index in [0.29, 0.717) is 5.56 Å². The first-order chi connectivity index (χ1) is 14.7. The number of hydrogen-bond donors (Lipinski definition) is 1. The molecule has 0 fully saturated rings. The van der Waals surface area contributed by atoms with Gasteiger partial charge in [0.25, 0.3) is 0 Å². The van der Waals surface area contributed by atoms with Crippen LogP contribution >= 0.6 is 11.8 Å². The lowest BCUT2D eigenvalue weighted by atomic mass is 9.82. The van der Waals surface area contributed by atoms with Crippen molar-refractivity contribution < 1.29 is 14.7 Å². The standard InChI is InChI=1S/C26H27NO3S/c1-15(2)27-20-13-18(21(29)14-28)16(3)12-19(20)26(4,5)24(27)11-10-23-25(30)17-8-6-7-9-22(17)31-23/h6-13,15,28H,14H2,1-5H3/b23-10-,24-11+. The molecule has 0 aliphatic carbocycles. The molecule has 2 heterocycles. The van der Waals surface area contributed by atoms with Gasteiger partial charge in [0.1, 0.15) is 6.61 Å². The van der Waals surface area contributed by atoms with Crippen LogP contribution in [0.2, 0.25) is 0 Å². The number of benzene rings is 2. The first kappa shape index (κ1) is 21.6. The Kier molecular flexibility index (Phi) is 5.44. The number of carbonyl (C=O) groups is 2. The summed E-state index contributed by atoms with van der Waals surface area (Å²) in [7, 11) is 0. The lowest BCUT2D eigenvalue weighted by Gasteiger charge is -2.30. The SMILES string of the molecule is Cc1cc2c(cc1C(=O)CO)N(C(C)C)/C(=C/C=C1\Sc3ccccc3C1=O)C2(C)C. The van der Waals surface area contributed by atoms with Crippen LogP contribution in [-0.4, -0.2) is 29.3 Å². The molecular weight excluding hydrogens is 406 g/mol. The number of hydrogen-bond acceptors (Lipinski definition) is 5. The van der Waals surface area contributed by atoms with Gasteiger partial charge in [0.15, 0.2) is 5.78 Å². The van der Waals surface area contributed by atoms with Crippen LogP contribution < -0.4 is 4.90 Å². The summed E-state index contributed by atoms with van der Waals surface area (Å²) in [4.78, 5) is 29.0. The Morgan fingerprint density at radius 3 is 2.55 bits per heavy atom. The maximum atomic E-state index is 12.8. The van der Waals surface area contributed by atoms with Gasteiger partial charge in [0.05, 0.1) is 4.91 Å². The Balaban J connectivity index is 1.81. The highest BCUT2D eigenvalue weighted by molar-refractivity contribution is 8.04. The van der Waals surface area contributed by atoms with Gasteiger partial charge in [-0.2, -0.15) is 0 Å². The zero-order valence-corrected chi connectivity index (χ0v) is 19.3. The van der Waals surface area contributed by atoms with E-state index in [2.05, 4.69) is 44.7 Å². The largest absolute Gasteiger partial charge is 0.388 e. The maximum absolute atomic E-state index is 12.8. The molecule has 2 aromatic rings. The van der Waals surface area contributed by atoms with Gasteiger partial charge in [-0.05, 0) is 62.2 Å². The fraction of sp³-hybridized carbons (Fsp3) is 0.308. The Bertz CT molecular complexity index is 1160. The number of fused-ring (bicyclic) bond motifs is 2. The molecule has 0 amide bonds. The number of rotatable bonds is 4. The van der Waals surface area contributed by atoms with Crippen molar-refractivity contribution in [1.82, 2.24) is 0 Å². The first-order valence-electron chi connectivity index (χ1n) is 10.5. The Morgan fingerprint density at radius 2 is 1.90 bits per heavy atom. The topological polar surface area (TPSA) is 57.6 Å². The molecule has 4 rings (SSSR count). The van der Waals surface area contributed by atoms with E-state index in [1.54, 1.807) is 0 Å². The van der Waals surface area contributed by atoms with Gasteiger partial charge < -0.3 is 10.0 Å². The van der Waals surface area contributed by atoms with Crippen molar-refractivity contribution in [3.05, 3.63) is 81.4 Å². The van der Waals surface area contributed by atoms with Gasteiger partial charge >= 0.3 is 0 Å². The second-order valence-electron chi connectivity index (χ2n) is 8.86. The van der Waals surface area contributed by atoms with Crippen molar-refractivity contribution in [2.45, 2.75) is 51.0 Å². The highest BCUT2D eigenvalue weighted by Gasteiger charge is 2.41. The predicted molar refractivity (Wildman–Crippen MR) is 126 cm³/mol. The van der Waals surface area contributed by atoms with E-state index in [1.165, 1.54) is 11.8 Å². The molecule has 4 nitrogen and oxygen atoms in total. The number of carbonyl (C=O) groups excluding carboxylic acids is 2. The molecule has 0 saturated carbocycles. The first-order valence-corrected chi connectivity index (χ1v) is 11.3. The summed E-state index contributed by atoms with van der Waals surface area (Å²) in [6, 6.07) is 11.8. The van der Waals surface area contributed by atoms with Gasteiger partial charge in [-0.1, -0.05) is 43.8 Å². The third kappa shape index (κ3) is 3.46. The van der Waals surface area contributed by atoms with Crippen molar-refractivity contribution in [1.29, 1.82) is 0 Å².